The minimum absolute atomic E-state index is 0.00217. The zero-order valence-electron chi connectivity index (χ0n) is 14.8. The summed E-state index contributed by atoms with van der Waals surface area (Å²) in [6.07, 6.45) is 0. The summed E-state index contributed by atoms with van der Waals surface area (Å²) in [4.78, 5) is 34.3. The van der Waals surface area contributed by atoms with E-state index in [1.54, 1.807) is 18.1 Å². The van der Waals surface area contributed by atoms with Crippen molar-refractivity contribution >= 4 is 17.5 Å². The average Bonchev–Trinajstić information content (AvgIpc) is 2.47. The monoisotopic (exact) mass is 336 g/mol. The number of hydroxylamine groups is 2. The maximum Gasteiger partial charge on any atom is 0.330 e. The Morgan fingerprint density at radius 3 is 2.54 bits per heavy atom. The van der Waals surface area contributed by atoms with Crippen molar-refractivity contribution < 1.29 is 14.6 Å². The molecule has 24 heavy (non-hydrogen) atoms. The molecule has 132 valence electrons. The van der Waals surface area contributed by atoms with Crippen LogP contribution in [0.15, 0.2) is 12.1 Å². The number of rotatable bonds is 3. The molecule has 1 aliphatic rings. The van der Waals surface area contributed by atoms with Crippen molar-refractivity contribution in [3.05, 3.63) is 27.9 Å². The van der Waals surface area contributed by atoms with Crippen LogP contribution in [-0.2, 0) is 9.63 Å². The van der Waals surface area contributed by atoms with Crippen molar-refractivity contribution in [2.75, 3.05) is 24.5 Å². The fraction of sp³-hybridized carbons (Fsp3) is 0.625. The number of carbonyl (C=O) groups is 1. The molecule has 0 N–H and O–H groups in total. The summed E-state index contributed by atoms with van der Waals surface area (Å²) < 4.78 is 0. The van der Waals surface area contributed by atoms with Crippen LogP contribution in [0.1, 0.15) is 33.4 Å². The number of hydrogen-bond acceptors (Lipinski definition) is 7. The van der Waals surface area contributed by atoms with Gasteiger partial charge in [0.15, 0.2) is 0 Å². The van der Waals surface area contributed by atoms with Gasteiger partial charge in [-0.2, -0.15) is 0 Å². The second-order valence-corrected chi connectivity index (χ2v) is 7.10. The van der Waals surface area contributed by atoms with Crippen LogP contribution in [-0.4, -0.2) is 46.6 Å². The number of piperazine rings is 1. The minimum atomic E-state index is -0.548. The highest BCUT2D eigenvalue weighted by Crippen LogP contribution is 2.24. The van der Waals surface area contributed by atoms with E-state index in [9.17, 15) is 14.9 Å². The van der Waals surface area contributed by atoms with Crippen molar-refractivity contribution in [2.24, 2.45) is 5.41 Å². The molecular formula is C16H24N4O4. The molecule has 0 spiro atoms. The molecule has 0 bridgehead atoms. The Kier molecular flexibility index (Phi) is 5.08. The molecule has 1 atom stereocenters. The second-order valence-electron chi connectivity index (χ2n) is 7.10. The van der Waals surface area contributed by atoms with Crippen LogP contribution in [0, 0.1) is 22.5 Å². The van der Waals surface area contributed by atoms with Crippen LogP contribution in [0.4, 0.5) is 11.5 Å². The zero-order chi connectivity index (χ0) is 18.1. The summed E-state index contributed by atoms with van der Waals surface area (Å²) in [5.74, 6) is 0.443. The van der Waals surface area contributed by atoms with Crippen molar-refractivity contribution in [2.45, 2.75) is 40.7 Å². The fourth-order valence-electron chi connectivity index (χ4n) is 2.44. The Hall–Kier alpha value is -2.22. The molecule has 2 rings (SSSR count). The molecule has 8 nitrogen and oxygen atoms in total. The third-order valence-electron chi connectivity index (χ3n) is 3.94. The molecule has 0 radical (unpaired) electrons. The van der Waals surface area contributed by atoms with Gasteiger partial charge in [0.2, 0.25) is 0 Å². The van der Waals surface area contributed by atoms with E-state index in [-0.39, 0.29) is 17.7 Å². The fourth-order valence-corrected chi connectivity index (χ4v) is 2.44. The predicted molar refractivity (Wildman–Crippen MR) is 89.6 cm³/mol. The molecule has 2 heterocycles. The lowest BCUT2D eigenvalue weighted by Gasteiger charge is -2.39. The lowest BCUT2D eigenvalue weighted by Crippen LogP contribution is -2.53. The van der Waals surface area contributed by atoms with E-state index in [1.807, 2.05) is 32.6 Å². The molecule has 0 aromatic carbocycles. The van der Waals surface area contributed by atoms with E-state index in [0.29, 0.717) is 31.1 Å². The van der Waals surface area contributed by atoms with Gasteiger partial charge in [0.25, 0.3) is 5.69 Å². The Morgan fingerprint density at radius 2 is 2.04 bits per heavy atom. The molecule has 0 amide bonds. The van der Waals surface area contributed by atoms with Gasteiger partial charge >= 0.3 is 5.97 Å². The van der Waals surface area contributed by atoms with Crippen molar-refractivity contribution in [1.82, 2.24) is 10.0 Å². The molecule has 0 saturated carbocycles. The summed E-state index contributed by atoms with van der Waals surface area (Å²) in [7, 11) is 0. The Morgan fingerprint density at radius 1 is 1.38 bits per heavy atom. The van der Waals surface area contributed by atoms with Gasteiger partial charge in [-0.25, -0.2) is 9.78 Å². The van der Waals surface area contributed by atoms with Gasteiger partial charge in [-0.3, -0.25) is 10.1 Å². The number of hydrogen-bond donors (Lipinski definition) is 0. The number of aryl methyl sites for hydroxylation is 1. The molecule has 1 aromatic heterocycles. The van der Waals surface area contributed by atoms with Crippen LogP contribution in [0.25, 0.3) is 0 Å². The number of nitro groups is 1. The van der Waals surface area contributed by atoms with Crippen molar-refractivity contribution in [3.8, 4) is 0 Å². The number of carbonyl (C=O) groups excluding carboxylic acids is 1. The van der Waals surface area contributed by atoms with Crippen LogP contribution in [0.5, 0.6) is 0 Å². The van der Waals surface area contributed by atoms with Crippen LogP contribution in [0.2, 0.25) is 0 Å². The highest BCUT2D eigenvalue weighted by Gasteiger charge is 2.31. The van der Waals surface area contributed by atoms with E-state index in [4.69, 9.17) is 4.84 Å². The Labute approximate surface area is 141 Å². The van der Waals surface area contributed by atoms with Gasteiger partial charge in [0.05, 0.1) is 22.9 Å². The molecule has 8 heteroatoms. The first kappa shape index (κ1) is 18.1. The predicted octanol–water partition coefficient (Wildman–Crippen LogP) is 2.31. The first-order valence-electron chi connectivity index (χ1n) is 7.95. The van der Waals surface area contributed by atoms with Crippen LogP contribution in [0.3, 0.4) is 0 Å². The maximum atomic E-state index is 12.0. The number of aromatic nitrogens is 1. The van der Waals surface area contributed by atoms with Crippen molar-refractivity contribution in [3.63, 3.8) is 0 Å². The molecule has 0 aliphatic carbocycles. The molecule has 1 fully saturated rings. The van der Waals surface area contributed by atoms with Crippen LogP contribution < -0.4 is 4.90 Å². The molecular weight excluding hydrogens is 312 g/mol. The first-order valence-corrected chi connectivity index (χ1v) is 7.95. The Bertz CT molecular complexity index is 641. The minimum Gasteiger partial charge on any atom is -0.367 e. The number of anilines is 1. The molecule has 1 aromatic rings. The van der Waals surface area contributed by atoms with Gasteiger partial charge in [-0.1, -0.05) is 0 Å². The maximum absolute atomic E-state index is 12.0. The average molecular weight is 336 g/mol. The zero-order valence-corrected chi connectivity index (χ0v) is 14.8. The Balaban J connectivity index is 2.04. The highest BCUT2D eigenvalue weighted by molar-refractivity contribution is 5.75. The standard InChI is InChI=1S/C16H24N4O4/c1-11-10-18(8-9-19(11)24-15(21)16(3,4)5)14-7-6-13(20(22)23)12(2)17-14/h6-7,11H,8-10H2,1-5H3/t11-/m0/s1. The third-order valence-corrected chi connectivity index (χ3v) is 3.94. The summed E-state index contributed by atoms with van der Waals surface area (Å²) in [5, 5.41) is 12.6. The summed E-state index contributed by atoms with van der Waals surface area (Å²) in [5.41, 5.74) is -0.135. The largest absolute Gasteiger partial charge is 0.367 e. The van der Waals surface area contributed by atoms with Gasteiger partial charge in [0, 0.05) is 19.2 Å². The SMILES string of the molecule is Cc1nc(N2CCN(OC(=O)C(C)(C)C)[C@@H](C)C2)ccc1[N+](=O)[O-]. The highest BCUT2D eigenvalue weighted by atomic mass is 16.7. The summed E-state index contributed by atoms with van der Waals surface area (Å²) in [6, 6.07) is 3.14. The van der Waals surface area contributed by atoms with E-state index >= 15 is 0 Å². The summed E-state index contributed by atoms with van der Waals surface area (Å²) >= 11 is 0. The quantitative estimate of drug-likeness (QED) is 0.618. The first-order chi connectivity index (χ1) is 11.1. The van der Waals surface area contributed by atoms with E-state index in [2.05, 4.69) is 4.98 Å². The van der Waals surface area contributed by atoms with E-state index in [1.165, 1.54) is 6.07 Å². The van der Waals surface area contributed by atoms with Crippen LogP contribution >= 0.6 is 0 Å². The lowest BCUT2D eigenvalue weighted by molar-refractivity contribution is -0.385. The van der Waals surface area contributed by atoms with Gasteiger partial charge in [-0.15, -0.1) is 5.06 Å². The number of pyridine rings is 1. The molecule has 1 saturated heterocycles. The summed E-state index contributed by atoms with van der Waals surface area (Å²) in [6.45, 7) is 10.9. The number of nitrogens with zero attached hydrogens (tertiary/aromatic N) is 4. The second kappa shape index (κ2) is 6.72. The smallest absolute Gasteiger partial charge is 0.330 e. The van der Waals surface area contributed by atoms with Crippen molar-refractivity contribution in [1.29, 1.82) is 0 Å². The molecule has 1 aliphatic heterocycles. The van der Waals surface area contributed by atoms with Gasteiger partial charge in [-0.05, 0) is 40.7 Å². The van der Waals surface area contributed by atoms with E-state index < -0.39 is 10.3 Å². The lowest BCUT2D eigenvalue weighted by atomic mass is 9.98. The third kappa shape index (κ3) is 4.00. The van der Waals surface area contributed by atoms with E-state index in [0.717, 1.165) is 0 Å². The van der Waals surface area contributed by atoms with Gasteiger partial charge < -0.3 is 9.74 Å². The van der Waals surface area contributed by atoms with Gasteiger partial charge in [0.1, 0.15) is 11.5 Å². The normalized spacial score (nSPS) is 19.2. The topological polar surface area (TPSA) is 88.8 Å². The molecule has 0 unspecified atom stereocenters.